The number of halogens is 1. The van der Waals surface area contributed by atoms with Crippen molar-refractivity contribution < 1.29 is 18.0 Å². The van der Waals surface area contributed by atoms with Crippen molar-refractivity contribution in [1.82, 2.24) is 10.9 Å². The van der Waals surface area contributed by atoms with Crippen LogP contribution in [0.2, 0.25) is 5.02 Å². The smallest absolute Gasteiger partial charge is 0.279 e. The summed E-state index contributed by atoms with van der Waals surface area (Å²) in [6, 6.07) is 12.5. The molecule has 4 rings (SSSR count). The molecule has 1 aliphatic carbocycles. The molecule has 1 aromatic heterocycles. The molecule has 166 valence electrons. The van der Waals surface area contributed by atoms with E-state index in [2.05, 4.69) is 15.6 Å². The lowest BCUT2D eigenvalue weighted by Gasteiger charge is -2.12. The summed E-state index contributed by atoms with van der Waals surface area (Å²) >= 11 is 7.53. The van der Waals surface area contributed by atoms with Crippen molar-refractivity contribution in [3.63, 3.8) is 0 Å². The molecule has 0 bridgehead atoms. The summed E-state index contributed by atoms with van der Waals surface area (Å²) < 4.78 is 28.0. The number of rotatable bonds is 5. The summed E-state index contributed by atoms with van der Waals surface area (Å²) in [5, 5.41) is 0.0568. The third kappa shape index (κ3) is 4.79. The van der Waals surface area contributed by atoms with Gasteiger partial charge in [0.1, 0.15) is 0 Å². The standard InChI is InChI=1S/C22H20ClN3O4S2/c1-13-4-2-6-15(10-13)26-32(29,30)16-8-9-18(23)17(12-16)21(27)24-25-22(28)20-11-14-5-3-7-19(14)31-20/h2,4,6,8-12,26H,3,5,7H2,1H3,(H,24,27)(H,25,28). The fourth-order valence-electron chi connectivity index (χ4n) is 3.45. The Kier molecular flexibility index (Phi) is 6.23. The number of sulfonamides is 1. The summed E-state index contributed by atoms with van der Waals surface area (Å²) in [5.41, 5.74) is 7.07. The lowest BCUT2D eigenvalue weighted by atomic mass is 10.2. The van der Waals surface area contributed by atoms with E-state index in [4.69, 9.17) is 11.6 Å². The summed E-state index contributed by atoms with van der Waals surface area (Å²) in [7, 11) is -3.95. The van der Waals surface area contributed by atoms with Gasteiger partial charge < -0.3 is 0 Å². The van der Waals surface area contributed by atoms with Gasteiger partial charge in [-0.15, -0.1) is 11.3 Å². The fourth-order valence-corrected chi connectivity index (χ4v) is 5.88. The first-order valence-electron chi connectivity index (χ1n) is 9.84. The van der Waals surface area contributed by atoms with Crippen LogP contribution >= 0.6 is 22.9 Å². The summed E-state index contributed by atoms with van der Waals surface area (Å²) in [5.74, 6) is -1.15. The van der Waals surface area contributed by atoms with E-state index in [1.165, 1.54) is 40.0 Å². The van der Waals surface area contributed by atoms with Gasteiger partial charge in [0.15, 0.2) is 0 Å². The topological polar surface area (TPSA) is 104 Å². The number of amides is 2. The zero-order valence-corrected chi connectivity index (χ0v) is 19.5. The van der Waals surface area contributed by atoms with Crippen LogP contribution in [0.1, 0.15) is 42.5 Å². The number of benzene rings is 2. The van der Waals surface area contributed by atoms with Gasteiger partial charge in [0.05, 0.1) is 20.4 Å². The molecule has 0 radical (unpaired) electrons. The van der Waals surface area contributed by atoms with E-state index in [1.54, 1.807) is 18.2 Å². The zero-order valence-electron chi connectivity index (χ0n) is 17.1. The van der Waals surface area contributed by atoms with E-state index < -0.39 is 21.8 Å². The molecule has 0 atom stereocenters. The van der Waals surface area contributed by atoms with Crippen LogP contribution in [-0.2, 0) is 22.9 Å². The molecule has 0 fully saturated rings. The minimum atomic E-state index is -3.95. The molecule has 0 aliphatic heterocycles. The highest BCUT2D eigenvalue weighted by Gasteiger charge is 2.21. The van der Waals surface area contributed by atoms with Crippen molar-refractivity contribution in [2.75, 3.05) is 4.72 Å². The monoisotopic (exact) mass is 489 g/mol. The van der Waals surface area contributed by atoms with Crippen LogP contribution in [0, 0.1) is 6.92 Å². The summed E-state index contributed by atoms with van der Waals surface area (Å²) in [6.07, 6.45) is 3.02. The molecule has 1 heterocycles. The zero-order chi connectivity index (χ0) is 22.9. The van der Waals surface area contributed by atoms with Crippen molar-refractivity contribution in [2.45, 2.75) is 31.1 Å². The molecule has 10 heteroatoms. The maximum atomic E-state index is 12.8. The molecular formula is C22H20ClN3O4S2. The maximum absolute atomic E-state index is 12.8. The first kappa shape index (κ1) is 22.3. The van der Waals surface area contributed by atoms with Crippen molar-refractivity contribution in [3.05, 3.63) is 80.0 Å². The molecule has 32 heavy (non-hydrogen) atoms. The predicted molar refractivity (Wildman–Crippen MR) is 125 cm³/mol. The second kappa shape index (κ2) is 8.93. The number of nitrogens with one attached hydrogen (secondary N) is 3. The van der Waals surface area contributed by atoms with Gasteiger partial charge in [-0.1, -0.05) is 23.7 Å². The molecule has 2 amide bonds. The van der Waals surface area contributed by atoms with Crippen molar-refractivity contribution in [1.29, 1.82) is 0 Å². The molecule has 2 aromatic carbocycles. The minimum Gasteiger partial charge on any atom is -0.280 e. The van der Waals surface area contributed by atoms with Gasteiger partial charge in [-0.25, -0.2) is 8.42 Å². The van der Waals surface area contributed by atoms with Crippen molar-refractivity contribution >= 4 is 50.5 Å². The van der Waals surface area contributed by atoms with Crippen LogP contribution in [0.25, 0.3) is 0 Å². The van der Waals surface area contributed by atoms with Crippen LogP contribution in [0.3, 0.4) is 0 Å². The van der Waals surface area contributed by atoms with E-state index in [9.17, 15) is 18.0 Å². The fraction of sp³-hybridized carbons (Fsp3) is 0.182. The second-order valence-corrected chi connectivity index (χ2v) is 10.7. The minimum absolute atomic E-state index is 0.0568. The van der Waals surface area contributed by atoms with E-state index in [-0.39, 0.29) is 15.5 Å². The first-order chi connectivity index (χ1) is 15.2. The number of carbonyl (C=O) groups excluding carboxylic acids is 2. The van der Waals surface area contributed by atoms with Crippen molar-refractivity contribution in [3.8, 4) is 0 Å². The van der Waals surface area contributed by atoms with Crippen molar-refractivity contribution in [2.24, 2.45) is 0 Å². The van der Waals surface area contributed by atoms with Crippen LogP contribution in [0.5, 0.6) is 0 Å². The van der Waals surface area contributed by atoms with E-state index >= 15 is 0 Å². The SMILES string of the molecule is Cc1cccc(NS(=O)(=O)c2ccc(Cl)c(C(=O)NNC(=O)c3cc4c(s3)CCC4)c2)c1. The van der Waals surface area contributed by atoms with Gasteiger partial charge in [0.25, 0.3) is 21.8 Å². The first-order valence-corrected chi connectivity index (χ1v) is 12.5. The summed E-state index contributed by atoms with van der Waals surface area (Å²) in [6.45, 7) is 1.85. The molecule has 0 unspecified atom stereocenters. The number of anilines is 1. The average molecular weight is 490 g/mol. The largest absolute Gasteiger partial charge is 0.280 e. The molecule has 7 nitrogen and oxygen atoms in total. The number of aryl methyl sites for hydroxylation is 3. The quantitative estimate of drug-likeness (QED) is 0.470. The lowest BCUT2D eigenvalue weighted by molar-refractivity contribution is 0.0849. The Bertz CT molecular complexity index is 1300. The molecule has 3 N–H and O–H groups in total. The highest BCUT2D eigenvalue weighted by molar-refractivity contribution is 7.92. The Balaban J connectivity index is 1.47. The van der Waals surface area contributed by atoms with Crippen LogP contribution < -0.4 is 15.6 Å². The van der Waals surface area contributed by atoms with E-state index in [0.717, 1.165) is 24.8 Å². The van der Waals surface area contributed by atoms with Gasteiger partial charge in [-0.3, -0.25) is 25.2 Å². The Hall–Kier alpha value is -2.88. The van der Waals surface area contributed by atoms with Gasteiger partial charge >= 0.3 is 0 Å². The summed E-state index contributed by atoms with van der Waals surface area (Å²) in [4.78, 5) is 26.6. The maximum Gasteiger partial charge on any atom is 0.279 e. The van der Waals surface area contributed by atoms with E-state index in [0.29, 0.717) is 10.6 Å². The highest BCUT2D eigenvalue weighted by Crippen LogP contribution is 2.30. The van der Waals surface area contributed by atoms with Crippen LogP contribution in [-0.4, -0.2) is 20.2 Å². The molecule has 0 saturated carbocycles. The van der Waals surface area contributed by atoms with Gasteiger partial charge in [-0.2, -0.15) is 0 Å². The lowest BCUT2D eigenvalue weighted by Crippen LogP contribution is -2.41. The highest BCUT2D eigenvalue weighted by atomic mass is 35.5. The molecule has 3 aromatic rings. The van der Waals surface area contributed by atoms with Gasteiger partial charge in [0.2, 0.25) is 0 Å². The normalized spacial score (nSPS) is 12.8. The Morgan fingerprint density at radius 2 is 1.78 bits per heavy atom. The molecule has 1 aliphatic rings. The number of thiophene rings is 1. The second-order valence-electron chi connectivity index (χ2n) is 7.44. The third-order valence-electron chi connectivity index (χ3n) is 5.02. The number of hydrogen-bond donors (Lipinski definition) is 3. The van der Waals surface area contributed by atoms with Gasteiger partial charge in [0, 0.05) is 10.6 Å². The third-order valence-corrected chi connectivity index (χ3v) is 7.97. The molecule has 0 saturated heterocycles. The Morgan fingerprint density at radius 1 is 1.00 bits per heavy atom. The predicted octanol–water partition coefficient (Wildman–Crippen LogP) is 4.07. The Morgan fingerprint density at radius 3 is 2.53 bits per heavy atom. The number of fused-ring (bicyclic) bond motifs is 1. The average Bonchev–Trinajstić information content (AvgIpc) is 3.34. The van der Waals surface area contributed by atoms with E-state index in [1.807, 2.05) is 19.1 Å². The Labute approximate surface area is 194 Å². The molecular weight excluding hydrogens is 470 g/mol. The van der Waals surface area contributed by atoms with Crippen LogP contribution in [0.4, 0.5) is 5.69 Å². The number of carbonyl (C=O) groups is 2. The van der Waals surface area contributed by atoms with Gasteiger partial charge in [-0.05, 0) is 73.7 Å². The number of hydrazine groups is 1. The number of hydrogen-bond acceptors (Lipinski definition) is 5. The molecule has 0 spiro atoms. The van der Waals surface area contributed by atoms with Crippen LogP contribution in [0.15, 0.2) is 53.4 Å².